The molecule has 1 saturated heterocycles. The van der Waals surface area contributed by atoms with E-state index in [2.05, 4.69) is 27.1 Å². The number of hydrogen-bond donors (Lipinski definition) is 2. The molecule has 0 bridgehead atoms. The maximum Gasteiger partial charge on any atom is 0.412 e. The van der Waals surface area contributed by atoms with Crippen molar-refractivity contribution in [3.05, 3.63) is 46.1 Å². The van der Waals surface area contributed by atoms with Gasteiger partial charge in [0.2, 0.25) is 0 Å². The number of rotatable bonds is 2. The van der Waals surface area contributed by atoms with Gasteiger partial charge in [-0.3, -0.25) is 9.69 Å². The highest BCUT2D eigenvalue weighted by atomic mass is 19.1. The minimum atomic E-state index is -1.38. The SMILES string of the molecule is CC(C)(C)OC(=O)N1CCC[C@@H](F)[C@@H]1Nc1nc2c(C#CC3CC3)c[nH]c(=O)c2c2cc(F)ccc12. The summed E-state index contributed by atoms with van der Waals surface area (Å²) >= 11 is 0. The predicted molar refractivity (Wildman–Crippen MR) is 134 cm³/mol. The first-order valence-corrected chi connectivity index (χ1v) is 12.2. The molecule has 1 amide bonds. The zero-order valence-corrected chi connectivity index (χ0v) is 20.5. The molecule has 188 valence electrons. The molecule has 1 aliphatic carbocycles. The predicted octanol–water partition coefficient (Wildman–Crippen LogP) is 5.08. The van der Waals surface area contributed by atoms with Gasteiger partial charge in [0, 0.05) is 29.4 Å². The minimum absolute atomic E-state index is 0.210. The molecule has 9 heteroatoms. The number of nitrogens with one attached hydrogen (secondary N) is 2. The van der Waals surface area contributed by atoms with Crippen LogP contribution >= 0.6 is 0 Å². The van der Waals surface area contributed by atoms with E-state index in [0.29, 0.717) is 40.7 Å². The normalized spacial score (nSPS) is 20.2. The van der Waals surface area contributed by atoms with E-state index in [1.807, 2.05) is 0 Å². The van der Waals surface area contributed by atoms with Crippen LogP contribution < -0.4 is 10.9 Å². The van der Waals surface area contributed by atoms with E-state index in [-0.39, 0.29) is 17.6 Å². The molecule has 3 aromatic rings. The molecule has 36 heavy (non-hydrogen) atoms. The van der Waals surface area contributed by atoms with E-state index in [1.165, 1.54) is 29.3 Å². The molecular weight excluding hydrogens is 466 g/mol. The highest BCUT2D eigenvalue weighted by Gasteiger charge is 2.37. The van der Waals surface area contributed by atoms with Gasteiger partial charge in [-0.05, 0) is 64.7 Å². The van der Waals surface area contributed by atoms with Crippen molar-refractivity contribution < 1.29 is 18.3 Å². The summed E-state index contributed by atoms with van der Waals surface area (Å²) in [6.07, 6.45) is 1.24. The number of nitrogens with zero attached hydrogens (tertiary/aromatic N) is 2. The van der Waals surface area contributed by atoms with Crippen LogP contribution in [0.4, 0.5) is 19.4 Å². The van der Waals surface area contributed by atoms with Gasteiger partial charge in [0.15, 0.2) is 0 Å². The lowest BCUT2D eigenvalue weighted by molar-refractivity contribution is 0.0000339. The monoisotopic (exact) mass is 494 g/mol. The Balaban J connectivity index is 1.64. The van der Waals surface area contributed by atoms with E-state index >= 15 is 4.39 Å². The number of alkyl halides is 1. The number of hydrogen-bond acceptors (Lipinski definition) is 5. The summed E-state index contributed by atoms with van der Waals surface area (Å²) in [6, 6.07) is 4.01. The standard InChI is InChI=1S/C27H28F2N4O3/c1-27(2,3)36-26(35)33-12-4-5-20(29)24(33)32-23-18-11-10-17(28)13-19(18)21-22(31-23)16(14-30-25(21)34)9-8-15-6-7-15/h10-11,13-15,20,24H,4-7,12H2,1-3H3,(H,30,34)(H,31,32)/t20-,24-/m1/s1. The first kappa shape index (κ1) is 24.0. The number of likely N-dealkylation sites (tertiary alicyclic amines) is 1. The lowest BCUT2D eigenvalue weighted by Crippen LogP contribution is -2.54. The zero-order chi connectivity index (χ0) is 25.6. The minimum Gasteiger partial charge on any atom is -0.444 e. The first-order valence-electron chi connectivity index (χ1n) is 12.2. The van der Waals surface area contributed by atoms with Gasteiger partial charge in [-0.2, -0.15) is 0 Å². The average Bonchev–Trinajstić information content (AvgIpc) is 3.63. The fraction of sp³-hybridized carbons (Fsp3) is 0.444. The molecule has 1 aromatic carbocycles. The van der Waals surface area contributed by atoms with Gasteiger partial charge in [0.25, 0.3) is 5.56 Å². The molecule has 2 aliphatic rings. The molecule has 2 atom stereocenters. The fourth-order valence-electron chi connectivity index (χ4n) is 4.38. The molecule has 2 fully saturated rings. The zero-order valence-electron chi connectivity index (χ0n) is 20.5. The average molecular weight is 495 g/mol. The van der Waals surface area contributed by atoms with Crippen LogP contribution in [-0.4, -0.2) is 45.4 Å². The number of carbonyl (C=O) groups is 1. The largest absolute Gasteiger partial charge is 0.444 e. The number of aromatic nitrogens is 2. The van der Waals surface area contributed by atoms with E-state index in [0.717, 1.165) is 12.8 Å². The van der Waals surface area contributed by atoms with Gasteiger partial charge in [-0.15, -0.1) is 0 Å². The summed E-state index contributed by atoms with van der Waals surface area (Å²) in [5.74, 6) is 6.28. The van der Waals surface area contributed by atoms with Gasteiger partial charge < -0.3 is 15.0 Å². The number of piperidine rings is 1. The lowest BCUT2D eigenvalue weighted by Gasteiger charge is -2.39. The summed E-state index contributed by atoms with van der Waals surface area (Å²) < 4.78 is 35.1. The Morgan fingerprint density at radius 2 is 2.03 bits per heavy atom. The van der Waals surface area contributed by atoms with E-state index in [9.17, 15) is 14.0 Å². The number of ether oxygens (including phenoxy) is 1. The van der Waals surface area contributed by atoms with Crippen molar-refractivity contribution in [2.45, 2.75) is 64.4 Å². The third-order valence-electron chi connectivity index (χ3n) is 6.25. The number of pyridine rings is 2. The third kappa shape index (κ3) is 4.85. The maximum absolute atomic E-state index is 15.2. The second-order valence-electron chi connectivity index (χ2n) is 10.4. The molecule has 0 unspecified atom stereocenters. The van der Waals surface area contributed by atoms with Crippen LogP contribution in [0.3, 0.4) is 0 Å². The highest BCUT2D eigenvalue weighted by molar-refractivity contribution is 6.11. The van der Waals surface area contributed by atoms with Crippen molar-refractivity contribution in [1.29, 1.82) is 0 Å². The Morgan fingerprint density at radius 3 is 2.75 bits per heavy atom. The second-order valence-corrected chi connectivity index (χ2v) is 10.4. The molecule has 3 heterocycles. The third-order valence-corrected chi connectivity index (χ3v) is 6.25. The van der Waals surface area contributed by atoms with Crippen molar-refractivity contribution in [3.63, 3.8) is 0 Å². The quantitative estimate of drug-likeness (QED) is 0.383. The number of aromatic amines is 1. The summed E-state index contributed by atoms with van der Waals surface area (Å²) in [6.45, 7) is 5.56. The van der Waals surface area contributed by atoms with Crippen LogP contribution in [0.15, 0.2) is 29.2 Å². The second kappa shape index (κ2) is 9.08. The molecule has 2 aromatic heterocycles. The Bertz CT molecular complexity index is 1460. The summed E-state index contributed by atoms with van der Waals surface area (Å²) in [5.41, 5.74) is -0.377. The van der Waals surface area contributed by atoms with Crippen LogP contribution in [-0.2, 0) is 4.74 Å². The van der Waals surface area contributed by atoms with Crippen LogP contribution in [0.2, 0.25) is 0 Å². The van der Waals surface area contributed by atoms with Crippen molar-refractivity contribution in [1.82, 2.24) is 14.9 Å². The fourth-order valence-corrected chi connectivity index (χ4v) is 4.38. The molecule has 7 nitrogen and oxygen atoms in total. The van der Waals surface area contributed by atoms with Crippen molar-refractivity contribution >= 4 is 33.6 Å². The number of H-pyrrole nitrogens is 1. The number of anilines is 1. The van der Waals surface area contributed by atoms with Gasteiger partial charge in [-0.25, -0.2) is 18.6 Å². The Morgan fingerprint density at radius 1 is 1.25 bits per heavy atom. The number of halogens is 2. The first-order chi connectivity index (χ1) is 17.1. The summed E-state index contributed by atoms with van der Waals surface area (Å²) in [5, 5.41) is 4.05. The number of amides is 1. The molecule has 5 rings (SSSR count). The van der Waals surface area contributed by atoms with E-state index < -0.39 is 35.4 Å². The van der Waals surface area contributed by atoms with Crippen molar-refractivity contribution in [2.24, 2.45) is 5.92 Å². The maximum atomic E-state index is 15.2. The number of fused-ring (bicyclic) bond motifs is 3. The van der Waals surface area contributed by atoms with E-state index in [4.69, 9.17) is 4.74 Å². The van der Waals surface area contributed by atoms with Crippen LogP contribution in [0.1, 0.15) is 52.0 Å². The Hall–Kier alpha value is -3.67. The molecular formula is C27H28F2N4O3. The lowest BCUT2D eigenvalue weighted by atomic mass is 10.0. The number of benzene rings is 1. The molecule has 0 spiro atoms. The van der Waals surface area contributed by atoms with Crippen molar-refractivity contribution in [3.8, 4) is 11.8 Å². The smallest absolute Gasteiger partial charge is 0.412 e. The summed E-state index contributed by atoms with van der Waals surface area (Å²) in [7, 11) is 0. The van der Waals surface area contributed by atoms with Gasteiger partial charge in [0.05, 0.1) is 16.5 Å². The van der Waals surface area contributed by atoms with Crippen LogP contribution in [0, 0.1) is 23.6 Å². The summed E-state index contributed by atoms with van der Waals surface area (Å²) in [4.78, 5) is 34.4. The number of carbonyl (C=O) groups excluding carboxylic acids is 1. The molecule has 0 radical (unpaired) electrons. The molecule has 2 N–H and O–H groups in total. The Labute approximate surface area is 207 Å². The van der Waals surface area contributed by atoms with Crippen LogP contribution in [0.5, 0.6) is 0 Å². The Kier molecular flexibility index (Phi) is 6.07. The van der Waals surface area contributed by atoms with Gasteiger partial charge in [-0.1, -0.05) is 11.8 Å². The van der Waals surface area contributed by atoms with Gasteiger partial charge in [0.1, 0.15) is 29.6 Å². The molecule has 1 saturated carbocycles. The topological polar surface area (TPSA) is 87.3 Å². The molecule has 1 aliphatic heterocycles. The van der Waals surface area contributed by atoms with Gasteiger partial charge >= 0.3 is 6.09 Å². The van der Waals surface area contributed by atoms with E-state index in [1.54, 1.807) is 20.8 Å². The highest BCUT2D eigenvalue weighted by Crippen LogP contribution is 2.33. The van der Waals surface area contributed by atoms with Crippen molar-refractivity contribution in [2.75, 3.05) is 11.9 Å². The van der Waals surface area contributed by atoms with Crippen LogP contribution in [0.25, 0.3) is 21.7 Å².